The summed E-state index contributed by atoms with van der Waals surface area (Å²) in [6, 6.07) is 9.02. The van der Waals surface area contributed by atoms with Gasteiger partial charge in [-0.15, -0.1) is 0 Å². The Balaban J connectivity index is 1.82. The van der Waals surface area contributed by atoms with Gasteiger partial charge in [-0.1, -0.05) is 24.3 Å². The van der Waals surface area contributed by atoms with Crippen LogP contribution in [0.5, 0.6) is 0 Å². The summed E-state index contributed by atoms with van der Waals surface area (Å²) in [5, 5.41) is 3.41. The fourth-order valence-corrected chi connectivity index (χ4v) is 3.96. The largest absolute Gasteiger partial charge is 0.310 e. The zero-order valence-corrected chi connectivity index (χ0v) is 12.7. The van der Waals surface area contributed by atoms with Crippen molar-refractivity contribution >= 4 is 9.84 Å². The smallest absolute Gasteiger partial charge is 0.148 e. The highest BCUT2D eigenvalue weighted by Crippen LogP contribution is 2.38. The summed E-state index contributed by atoms with van der Waals surface area (Å²) in [5.41, 5.74) is 2.80. The van der Waals surface area contributed by atoms with Crippen LogP contribution in [0.25, 0.3) is 0 Å². The van der Waals surface area contributed by atoms with Crippen LogP contribution in [0.3, 0.4) is 0 Å². The van der Waals surface area contributed by atoms with E-state index in [9.17, 15) is 8.42 Å². The summed E-state index contributed by atoms with van der Waals surface area (Å²) in [5.74, 6) is 0.850. The molecule has 1 fully saturated rings. The van der Waals surface area contributed by atoms with Gasteiger partial charge in [-0.2, -0.15) is 0 Å². The van der Waals surface area contributed by atoms with Crippen molar-refractivity contribution in [1.29, 1.82) is 0 Å². The Morgan fingerprint density at radius 2 is 1.95 bits per heavy atom. The lowest BCUT2D eigenvalue weighted by molar-refractivity contribution is 0.275. The molecule has 0 aliphatic heterocycles. The van der Waals surface area contributed by atoms with Crippen LogP contribution in [0, 0.1) is 6.92 Å². The van der Waals surface area contributed by atoms with Gasteiger partial charge in [0.15, 0.2) is 0 Å². The van der Waals surface area contributed by atoms with E-state index in [1.165, 1.54) is 17.4 Å². The van der Waals surface area contributed by atoms with E-state index in [1.54, 1.807) is 0 Å². The monoisotopic (exact) mass is 281 g/mol. The lowest BCUT2D eigenvalue weighted by Gasteiger charge is -2.38. The zero-order chi connectivity index (χ0) is 14.0. The highest BCUT2D eigenvalue weighted by Gasteiger charge is 2.31. The van der Waals surface area contributed by atoms with E-state index < -0.39 is 9.84 Å². The summed E-state index contributed by atoms with van der Waals surface area (Å²) in [4.78, 5) is 0. The van der Waals surface area contributed by atoms with Gasteiger partial charge >= 0.3 is 0 Å². The first-order chi connectivity index (χ1) is 8.85. The average Bonchev–Trinajstić information content (AvgIpc) is 2.22. The number of hydrogen-bond donors (Lipinski definition) is 1. The van der Waals surface area contributed by atoms with Crippen molar-refractivity contribution in [2.75, 3.05) is 12.0 Å². The third kappa shape index (κ3) is 4.05. The summed E-state index contributed by atoms with van der Waals surface area (Å²) in [6.07, 6.45) is 3.51. The Hall–Kier alpha value is -0.870. The normalized spacial score (nSPS) is 24.8. The Morgan fingerprint density at radius 3 is 2.53 bits per heavy atom. The van der Waals surface area contributed by atoms with Crippen molar-refractivity contribution in [3.05, 3.63) is 35.4 Å². The van der Waals surface area contributed by atoms with Crippen molar-refractivity contribution in [1.82, 2.24) is 5.32 Å². The minimum atomic E-state index is -2.89. The van der Waals surface area contributed by atoms with Gasteiger partial charge in [-0.25, -0.2) is 8.42 Å². The van der Waals surface area contributed by atoms with Gasteiger partial charge in [0, 0.05) is 18.3 Å². The number of nitrogens with one attached hydrogen (secondary N) is 1. The van der Waals surface area contributed by atoms with Gasteiger partial charge in [0.1, 0.15) is 9.84 Å². The SMILES string of the molecule is Cc1ccccc1C1CC(NC(C)CS(C)(=O)=O)C1. The molecule has 0 aromatic heterocycles. The van der Waals surface area contributed by atoms with E-state index in [0.29, 0.717) is 12.0 Å². The highest BCUT2D eigenvalue weighted by atomic mass is 32.2. The molecule has 1 atom stereocenters. The molecular weight excluding hydrogens is 258 g/mol. The maximum atomic E-state index is 11.2. The lowest BCUT2D eigenvalue weighted by atomic mass is 9.74. The van der Waals surface area contributed by atoms with Gasteiger partial charge < -0.3 is 5.32 Å². The standard InChI is InChI=1S/C15H23NO2S/c1-11-6-4-5-7-15(11)13-8-14(9-13)16-12(2)10-19(3,17)18/h4-7,12-14,16H,8-10H2,1-3H3. The van der Waals surface area contributed by atoms with Gasteiger partial charge in [-0.05, 0) is 43.7 Å². The number of sulfone groups is 1. The van der Waals surface area contributed by atoms with Crippen LogP contribution in [-0.4, -0.2) is 32.5 Å². The highest BCUT2D eigenvalue weighted by molar-refractivity contribution is 7.90. The molecule has 19 heavy (non-hydrogen) atoms. The van der Waals surface area contributed by atoms with Crippen LogP contribution in [-0.2, 0) is 9.84 Å². The first-order valence-corrected chi connectivity index (χ1v) is 8.90. The van der Waals surface area contributed by atoms with Crippen molar-refractivity contribution in [3.8, 4) is 0 Å². The van der Waals surface area contributed by atoms with Gasteiger partial charge in [0.05, 0.1) is 5.75 Å². The van der Waals surface area contributed by atoms with Crippen molar-refractivity contribution in [2.45, 2.75) is 44.7 Å². The number of hydrogen-bond acceptors (Lipinski definition) is 3. The fourth-order valence-electron chi connectivity index (χ4n) is 2.96. The third-order valence-corrected chi connectivity index (χ3v) is 4.94. The molecule has 1 aliphatic rings. The molecule has 1 unspecified atom stereocenters. The predicted octanol–water partition coefficient (Wildman–Crippen LogP) is 2.26. The maximum absolute atomic E-state index is 11.2. The molecule has 4 heteroatoms. The Bertz CT molecular complexity index is 533. The molecule has 1 aromatic carbocycles. The van der Waals surface area contributed by atoms with E-state index in [1.807, 2.05) is 6.92 Å². The van der Waals surface area contributed by atoms with E-state index in [4.69, 9.17) is 0 Å². The van der Waals surface area contributed by atoms with E-state index in [-0.39, 0.29) is 11.8 Å². The fraction of sp³-hybridized carbons (Fsp3) is 0.600. The molecular formula is C15H23NO2S. The first-order valence-electron chi connectivity index (χ1n) is 6.84. The average molecular weight is 281 g/mol. The molecule has 0 saturated heterocycles. The zero-order valence-electron chi connectivity index (χ0n) is 11.9. The van der Waals surface area contributed by atoms with E-state index in [0.717, 1.165) is 12.8 Å². The molecule has 0 bridgehead atoms. The summed E-state index contributed by atoms with van der Waals surface area (Å²) in [6.45, 7) is 4.10. The molecule has 0 radical (unpaired) electrons. The van der Waals surface area contributed by atoms with Crippen LogP contribution in [0.1, 0.15) is 36.8 Å². The molecule has 3 nitrogen and oxygen atoms in total. The quantitative estimate of drug-likeness (QED) is 0.900. The van der Waals surface area contributed by atoms with Gasteiger partial charge in [0.25, 0.3) is 0 Å². The van der Waals surface area contributed by atoms with Crippen molar-refractivity contribution in [3.63, 3.8) is 0 Å². The molecule has 1 N–H and O–H groups in total. The van der Waals surface area contributed by atoms with E-state index in [2.05, 4.69) is 36.5 Å². The van der Waals surface area contributed by atoms with E-state index >= 15 is 0 Å². The summed E-state index contributed by atoms with van der Waals surface area (Å²) < 4.78 is 22.4. The molecule has 0 spiro atoms. The molecule has 1 saturated carbocycles. The molecule has 1 aromatic rings. The number of benzene rings is 1. The van der Waals surface area contributed by atoms with Crippen LogP contribution in [0.15, 0.2) is 24.3 Å². The number of rotatable bonds is 5. The van der Waals surface area contributed by atoms with Crippen LogP contribution >= 0.6 is 0 Å². The maximum Gasteiger partial charge on any atom is 0.148 e. The summed E-state index contributed by atoms with van der Waals surface area (Å²) in [7, 11) is -2.89. The molecule has 106 valence electrons. The van der Waals surface area contributed by atoms with Gasteiger partial charge in [0.2, 0.25) is 0 Å². The third-order valence-electron chi connectivity index (χ3n) is 3.84. The van der Waals surface area contributed by atoms with Crippen molar-refractivity contribution in [2.24, 2.45) is 0 Å². The second kappa shape index (κ2) is 5.63. The molecule has 0 amide bonds. The lowest BCUT2D eigenvalue weighted by Crippen LogP contribution is -2.46. The van der Waals surface area contributed by atoms with Crippen molar-refractivity contribution < 1.29 is 8.42 Å². The molecule has 2 rings (SSSR count). The van der Waals surface area contributed by atoms with Crippen LogP contribution in [0.2, 0.25) is 0 Å². The second-order valence-electron chi connectivity index (χ2n) is 5.88. The second-order valence-corrected chi connectivity index (χ2v) is 8.07. The topological polar surface area (TPSA) is 46.2 Å². The van der Waals surface area contributed by atoms with Crippen LogP contribution in [0.4, 0.5) is 0 Å². The molecule has 1 aliphatic carbocycles. The Morgan fingerprint density at radius 1 is 1.32 bits per heavy atom. The molecule has 0 heterocycles. The minimum Gasteiger partial charge on any atom is -0.310 e. The Labute approximate surface area is 116 Å². The Kier molecular flexibility index (Phi) is 4.31. The van der Waals surface area contributed by atoms with Crippen LogP contribution < -0.4 is 5.32 Å². The predicted molar refractivity (Wildman–Crippen MR) is 79.3 cm³/mol. The minimum absolute atomic E-state index is 0.0396. The van der Waals surface area contributed by atoms with Gasteiger partial charge in [-0.3, -0.25) is 0 Å². The summed E-state index contributed by atoms with van der Waals surface area (Å²) >= 11 is 0. The number of aryl methyl sites for hydroxylation is 1. The first kappa shape index (κ1) is 14.5.